The van der Waals surface area contributed by atoms with Crippen molar-refractivity contribution in [3.8, 4) is 5.75 Å². The smallest absolute Gasteiger partial charge is 0.305 e. The summed E-state index contributed by atoms with van der Waals surface area (Å²) in [6.07, 6.45) is 6.30. The van der Waals surface area contributed by atoms with Crippen LogP contribution in [0.5, 0.6) is 5.75 Å². The summed E-state index contributed by atoms with van der Waals surface area (Å²) in [5.74, 6) is 1.69. The summed E-state index contributed by atoms with van der Waals surface area (Å²) in [6, 6.07) is 9.48. The predicted molar refractivity (Wildman–Crippen MR) is 116 cm³/mol. The lowest BCUT2D eigenvalue weighted by Gasteiger charge is -2.20. The van der Waals surface area contributed by atoms with E-state index in [0.717, 1.165) is 44.3 Å². The number of hydrogen-bond acceptors (Lipinski definition) is 6. The number of benzene rings is 1. The van der Waals surface area contributed by atoms with Crippen molar-refractivity contribution in [2.75, 3.05) is 19.0 Å². The number of unbranched alkanes of at least 4 members (excludes halogenated alkanes) is 3. The molecule has 1 aromatic carbocycles. The van der Waals surface area contributed by atoms with Gasteiger partial charge in [-0.3, -0.25) is 9.59 Å². The molecule has 5 nitrogen and oxygen atoms in total. The van der Waals surface area contributed by atoms with Gasteiger partial charge in [0.05, 0.1) is 12.7 Å². The van der Waals surface area contributed by atoms with Crippen LogP contribution in [0.2, 0.25) is 0 Å². The van der Waals surface area contributed by atoms with Crippen LogP contribution in [0.4, 0.5) is 0 Å². The maximum absolute atomic E-state index is 12.3. The number of aliphatic hydroxyl groups excluding tert-OH is 1. The minimum Gasteiger partial charge on any atom is -0.491 e. The highest BCUT2D eigenvalue weighted by atomic mass is 32.2. The summed E-state index contributed by atoms with van der Waals surface area (Å²) in [5, 5.41) is 10.5. The minimum atomic E-state index is -0.542. The van der Waals surface area contributed by atoms with Gasteiger partial charge in [-0.15, -0.1) is 0 Å². The highest BCUT2D eigenvalue weighted by Crippen LogP contribution is 2.36. The van der Waals surface area contributed by atoms with E-state index in [1.165, 1.54) is 0 Å². The lowest BCUT2D eigenvalue weighted by molar-refractivity contribution is -0.143. The monoisotopic (exact) mass is 422 g/mol. The molecule has 162 valence electrons. The van der Waals surface area contributed by atoms with Crippen molar-refractivity contribution >= 4 is 23.5 Å². The van der Waals surface area contributed by atoms with Crippen LogP contribution >= 0.6 is 11.8 Å². The number of esters is 1. The van der Waals surface area contributed by atoms with Gasteiger partial charge in [-0.2, -0.15) is 11.8 Å². The molecule has 0 saturated heterocycles. The molecule has 6 heteroatoms. The van der Waals surface area contributed by atoms with Crippen LogP contribution < -0.4 is 4.74 Å². The van der Waals surface area contributed by atoms with E-state index in [0.29, 0.717) is 36.2 Å². The average Bonchev–Trinajstić information content (AvgIpc) is 3.08. The van der Waals surface area contributed by atoms with Crippen molar-refractivity contribution in [3.05, 3.63) is 30.3 Å². The molecule has 0 amide bonds. The van der Waals surface area contributed by atoms with Gasteiger partial charge in [-0.25, -0.2) is 0 Å². The van der Waals surface area contributed by atoms with Crippen molar-refractivity contribution < 1.29 is 24.2 Å². The number of ketones is 1. The highest BCUT2D eigenvalue weighted by Gasteiger charge is 2.34. The summed E-state index contributed by atoms with van der Waals surface area (Å²) in [4.78, 5) is 23.6. The molecule has 0 spiro atoms. The first-order valence-corrected chi connectivity index (χ1v) is 11.8. The van der Waals surface area contributed by atoms with E-state index >= 15 is 0 Å². The Morgan fingerprint density at radius 1 is 1.21 bits per heavy atom. The maximum Gasteiger partial charge on any atom is 0.305 e. The molecule has 2 rings (SSSR count). The Bertz CT molecular complexity index is 607. The molecule has 1 aliphatic rings. The van der Waals surface area contributed by atoms with Gasteiger partial charge >= 0.3 is 5.97 Å². The first-order chi connectivity index (χ1) is 14.1. The zero-order valence-corrected chi connectivity index (χ0v) is 18.2. The zero-order valence-electron chi connectivity index (χ0n) is 17.4. The number of Topliss-reactive ketones (excluding diaryl/α,β-unsaturated/α-hetero) is 1. The van der Waals surface area contributed by atoms with Gasteiger partial charge in [0, 0.05) is 29.8 Å². The van der Waals surface area contributed by atoms with E-state index in [1.807, 2.05) is 37.3 Å². The normalized spacial score (nSPS) is 19.9. The van der Waals surface area contributed by atoms with Crippen molar-refractivity contribution in [1.29, 1.82) is 0 Å². The molecule has 0 radical (unpaired) electrons. The van der Waals surface area contributed by atoms with Crippen LogP contribution in [0.3, 0.4) is 0 Å². The second-order valence-corrected chi connectivity index (χ2v) is 8.79. The van der Waals surface area contributed by atoms with Crippen molar-refractivity contribution in [2.45, 2.75) is 69.6 Å². The van der Waals surface area contributed by atoms with E-state index in [1.54, 1.807) is 11.8 Å². The summed E-state index contributed by atoms with van der Waals surface area (Å²) < 4.78 is 10.5. The Hall–Kier alpha value is -1.53. The predicted octanol–water partition coefficient (Wildman–Crippen LogP) is 4.41. The maximum atomic E-state index is 12.3. The Morgan fingerprint density at radius 2 is 1.97 bits per heavy atom. The lowest BCUT2D eigenvalue weighted by Crippen LogP contribution is -2.24. The lowest BCUT2D eigenvalue weighted by atomic mass is 9.98. The summed E-state index contributed by atoms with van der Waals surface area (Å²) >= 11 is 1.70. The third kappa shape index (κ3) is 9.22. The fourth-order valence-corrected chi connectivity index (χ4v) is 5.01. The molecular weight excluding hydrogens is 388 g/mol. The second-order valence-electron chi connectivity index (χ2n) is 7.52. The SMILES string of the molecule is CCOC(=O)CCCCCC[C@@H]1C(=O)CC[C@@H]1SC[C@@H](O)COc1ccccc1. The molecule has 0 aromatic heterocycles. The van der Waals surface area contributed by atoms with Crippen molar-refractivity contribution in [3.63, 3.8) is 0 Å². The Morgan fingerprint density at radius 3 is 2.72 bits per heavy atom. The topological polar surface area (TPSA) is 72.8 Å². The minimum absolute atomic E-state index is 0.104. The van der Waals surface area contributed by atoms with Gasteiger partial charge < -0.3 is 14.6 Å². The average molecular weight is 423 g/mol. The molecule has 1 aliphatic carbocycles. The van der Waals surface area contributed by atoms with Crippen LogP contribution in [-0.2, 0) is 14.3 Å². The Labute approximate surface area is 178 Å². The molecule has 0 bridgehead atoms. The number of thioether (sulfide) groups is 1. The van der Waals surface area contributed by atoms with E-state index in [9.17, 15) is 14.7 Å². The first kappa shape index (κ1) is 23.7. The summed E-state index contributed by atoms with van der Waals surface area (Å²) in [6.45, 7) is 2.53. The van der Waals surface area contributed by atoms with Gasteiger partial charge in [0.15, 0.2) is 0 Å². The second kappa shape index (κ2) is 13.6. The van der Waals surface area contributed by atoms with Gasteiger partial charge in [-0.05, 0) is 38.3 Å². The van der Waals surface area contributed by atoms with E-state index in [-0.39, 0.29) is 18.5 Å². The third-order valence-electron chi connectivity index (χ3n) is 5.18. The molecule has 3 atom stereocenters. The molecule has 1 fully saturated rings. The fraction of sp³-hybridized carbons (Fsp3) is 0.652. The number of rotatable bonds is 14. The first-order valence-electron chi connectivity index (χ1n) is 10.8. The number of carbonyl (C=O) groups is 2. The zero-order chi connectivity index (χ0) is 20.9. The van der Waals surface area contributed by atoms with Gasteiger partial charge in [0.1, 0.15) is 18.1 Å². The number of carbonyl (C=O) groups excluding carboxylic acids is 2. The van der Waals surface area contributed by atoms with Gasteiger partial charge in [0.25, 0.3) is 0 Å². The molecule has 1 aromatic rings. The number of hydrogen-bond donors (Lipinski definition) is 1. The van der Waals surface area contributed by atoms with Crippen LogP contribution in [0.25, 0.3) is 0 Å². The van der Waals surface area contributed by atoms with Crippen molar-refractivity contribution in [1.82, 2.24) is 0 Å². The van der Waals surface area contributed by atoms with Gasteiger partial charge in [-0.1, -0.05) is 37.5 Å². The quantitative estimate of drug-likeness (QED) is 0.354. The molecule has 1 saturated carbocycles. The molecule has 0 aliphatic heterocycles. The standard InChI is InChI=1S/C23H34O5S/c1-2-27-23(26)13-9-4-3-8-12-20-21(25)14-15-22(20)29-17-18(24)16-28-19-10-6-5-7-11-19/h5-7,10-11,18,20,22,24H,2-4,8-9,12-17H2,1H3/t18-,20+,22-/m0/s1. The highest BCUT2D eigenvalue weighted by molar-refractivity contribution is 8.00. The number of para-hydroxylation sites is 1. The van der Waals surface area contributed by atoms with E-state index < -0.39 is 6.10 Å². The van der Waals surface area contributed by atoms with Crippen LogP contribution in [0.15, 0.2) is 30.3 Å². The van der Waals surface area contributed by atoms with E-state index in [2.05, 4.69) is 0 Å². The third-order valence-corrected chi connectivity index (χ3v) is 6.75. The van der Waals surface area contributed by atoms with Gasteiger partial charge in [0.2, 0.25) is 0 Å². The summed E-state index contributed by atoms with van der Waals surface area (Å²) in [5.41, 5.74) is 0. The van der Waals surface area contributed by atoms with Crippen LogP contribution in [0.1, 0.15) is 58.3 Å². The molecular formula is C23H34O5S. The van der Waals surface area contributed by atoms with E-state index in [4.69, 9.17) is 9.47 Å². The molecule has 29 heavy (non-hydrogen) atoms. The Kier molecular flexibility index (Phi) is 11.2. The number of aliphatic hydroxyl groups is 1. The van der Waals surface area contributed by atoms with Crippen LogP contribution in [0, 0.1) is 5.92 Å². The Balaban J connectivity index is 1.60. The summed E-state index contributed by atoms with van der Waals surface area (Å²) in [7, 11) is 0. The molecule has 0 heterocycles. The number of ether oxygens (including phenoxy) is 2. The van der Waals surface area contributed by atoms with Crippen LogP contribution in [-0.4, -0.2) is 47.2 Å². The molecule has 1 N–H and O–H groups in total. The molecule has 0 unspecified atom stereocenters. The van der Waals surface area contributed by atoms with Crippen molar-refractivity contribution in [2.24, 2.45) is 5.92 Å². The fourth-order valence-electron chi connectivity index (χ4n) is 3.64. The largest absolute Gasteiger partial charge is 0.491 e.